The number of ether oxygens (including phenoxy) is 2. The fraction of sp³-hybridized carbons (Fsp3) is 0.467. The standard InChI is InChI=1S/C15H17N5O6/c1-15(24)9(22)7(4-21)26-13(15)20-3-6-8-10(16-5-17-11(8)20)18-14(23)19-12(6)25-2/h3,5,7,9,13,21-22,24H,4H2,1-2H3,(H,16,17,18,23)/t7-,9-,13-,15-/m1/s1. The van der Waals surface area contributed by atoms with Crippen molar-refractivity contribution < 1.29 is 29.6 Å². The number of urea groups is 1. The average molecular weight is 363 g/mol. The summed E-state index contributed by atoms with van der Waals surface area (Å²) < 4.78 is 12.4. The van der Waals surface area contributed by atoms with Gasteiger partial charge in [0.15, 0.2) is 6.23 Å². The first-order valence-electron chi connectivity index (χ1n) is 7.84. The fourth-order valence-electron chi connectivity index (χ4n) is 3.35. The molecule has 138 valence electrons. The van der Waals surface area contributed by atoms with Crippen molar-refractivity contribution in [3.63, 3.8) is 0 Å². The Bertz CT molecular complexity index is 923. The van der Waals surface area contributed by atoms with Gasteiger partial charge in [0, 0.05) is 6.20 Å². The molecule has 0 saturated carbocycles. The number of methoxy groups -OCH3 is 1. The second-order valence-corrected chi connectivity index (χ2v) is 6.30. The molecule has 0 aliphatic carbocycles. The number of hydrogen-bond donors (Lipinski definition) is 4. The van der Waals surface area contributed by atoms with Crippen LogP contribution in [0.3, 0.4) is 0 Å². The van der Waals surface area contributed by atoms with E-state index in [2.05, 4.69) is 20.3 Å². The lowest BCUT2D eigenvalue weighted by molar-refractivity contribution is -0.0948. The van der Waals surface area contributed by atoms with E-state index >= 15 is 0 Å². The SMILES string of the molecule is COC1=NC(=O)Nc2ncnc3c2c1cn3[C@@H]1O[C@H](CO)[C@@H](O)[C@@]1(C)O. The minimum Gasteiger partial charge on any atom is -0.480 e. The highest BCUT2D eigenvalue weighted by Gasteiger charge is 2.53. The largest absolute Gasteiger partial charge is 0.480 e. The van der Waals surface area contributed by atoms with E-state index in [0.29, 0.717) is 16.6 Å². The van der Waals surface area contributed by atoms with Gasteiger partial charge in [0.1, 0.15) is 35.6 Å². The van der Waals surface area contributed by atoms with Crippen molar-refractivity contribution in [1.29, 1.82) is 0 Å². The molecule has 11 heteroatoms. The third kappa shape index (κ3) is 2.22. The number of nitrogens with one attached hydrogen (secondary N) is 1. The lowest BCUT2D eigenvalue weighted by Crippen LogP contribution is -2.44. The number of nitrogens with zero attached hydrogens (tertiary/aromatic N) is 4. The first kappa shape index (κ1) is 16.8. The zero-order chi connectivity index (χ0) is 18.6. The Morgan fingerprint density at radius 1 is 1.46 bits per heavy atom. The highest BCUT2D eigenvalue weighted by molar-refractivity contribution is 6.17. The molecule has 0 unspecified atom stereocenters. The minimum atomic E-state index is -1.69. The summed E-state index contributed by atoms with van der Waals surface area (Å²) in [6.45, 7) is 0.950. The van der Waals surface area contributed by atoms with Crippen LogP contribution in [-0.2, 0) is 9.47 Å². The Morgan fingerprint density at radius 3 is 2.88 bits per heavy atom. The molecule has 0 spiro atoms. The lowest BCUT2D eigenvalue weighted by atomic mass is 9.96. The van der Waals surface area contributed by atoms with E-state index in [-0.39, 0.29) is 11.7 Å². The summed E-state index contributed by atoms with van der Waals surface area (Å²) in [6.07, 6.45) is -0.498. The Hall–Kier alpha value is -2.60. The van der Waals surface area contributed by atoms with Gasteiger partial charge < -0.3 is 29.4 Å². The summed E-state index contributed by atoms with van der Waals surface area (Å²) in [5, 5.41) is 33.4. The average Bonchev–Trinajstić information content (AvgIpc) is 3.04. The highest BCUT2D eigenvalue weighted by Crippen LogP contribution is 2.41. The van der Waals surface area contributed by atoms with Crippen molar-refractivity contribution in [2.75, 3.05) is 19.0 Å². The van der Waals surface area contributed by atoms with Crippen molar-refractivity contribution >= 4 is 28.8 Å². The molecular formula is C15H17N5O6. The maximum Gasteiger partial charge on any atom is 0.349 e. The van der Waals surface area contributed by atoms with Gasteiger partial charge in [0.25, 0.3) is 0 Å². The van der Waals surface area contributed by atoms with Gasteiger partial charge in [-0.15, -0.1) is 0 Å². The Kier molecular flexibility index (Phi) is 3.70. The van der Waals surface area contributed by atoms with E-state index in [1.165, 1.54) is 24.9 Å². The first-order valence-corrected chi connectivity index (χ1v) is 7.84. The van der Waals surface area contributed by atoms with Gasteiger partial charge in [-0.25, -0.2) is 14.8 Å². The summed E-state index contributed by atoms with van der Waals surface area (Å²) >= 11 is 0. The number of amides is 2. The van der Waals surface area contributed by atoms with Crippen LogP contribution in [0.25, 0.3) is 11.0 Å². The van der Waals surface area contributed by atoms with Crippen molar-refractivity contribution in [3.8, 4) is 0 Å². The number of carbonyl (C=O) groups excluding carboxylic acids is 1. The Balaban J connectivity index is 1.94. The van der Waals surface area contributed by atoms with Crippen LogP contribution in [0.5, 0.6) is 0 Å². The highest BCUT2D eigenvalue weighted by atomic mass is 16.6. The van der Waals surface area contributed by atoms with Crippen LogP contribution < -0.4 is 5.32 Å². The number of hydrogen-bond acceptors (Lipinski definition) is 8. The van der Waals surface area contributed by atoms with Gasteiger partial charge in [-0.3, -0.25) is 5.32 Å². The molecule has 0 radical (unpaired) electrons. The van der Waals surface area contributed by atoms with Gasteiger partial charge in [-0.2, -0.15) is 4.99 Å². The van der Waals surface area contributed by atoms with Gasteiger partial charge in [-0.05, 0) is 6.92 Å². The molecule has 0 aromatic carbocycles. The molecule has 0 bridgehead atoms. The number of aliphatic imine (C=N–C) groups is 1. The molecule has 26 heavy (non-hydrogen) atoms. The summed E-state index contributed by atoms with van der Waals surface area (Å²) in [6, 6.07) is -0.635. The summed E-state index contributed by atoms with van der Waals surface area (Å²) in [4.78, 5) is 24.0. The van der Waals surface area contributed by atoms with E-state index in [0.717, 1.165) is 0 Å². The van der Waals surface area contributed by atoms with Crippen LogP contribution >= 0.6 is 0 Å². The predicted molar refractivity (Wildman–Crippen MR) is 87.7 cm³/mol. The maximum atomic E-state index is 11.9. The van der Waals surface area contributed by atoms with Crippen molar-refractivity contribution in [1.82, 2.24) is 14.5 Å². The normalized spacial score (nSPS) is 30.9. The van der Waals surface area contributed by atoms with E-state index in [9.17, 15) is 20.1 Å². The van der Waals surface area contributed by atoms with Gasteiger partial charge in [-0.1, -0.05) is 0 Å². The molecule has 1 fully saturated rings. The maximum absolute atomic E-state index is 11.9. The lowest BCUT2D eigenvalue weighted by Gasteiger charge is -2.27. The molecule has 1 saturated heterocycles. The molecular weight excluding hydrogens is 346 g/mol. The summed E-state index contributed by atoms with van der Waals surface area (Å²) in [7, 11) is 1.37. The number of aromatic nitrogens is 3. The third-order valence-corrected chi connectivity index (χ3v) is 4.65. The number of anilines is 1. The molecule has 2 aliphatic heterocycles. The molecule has 2 aliphatic rings. The number of aliphatic hydroxyl groups is 3. The number of aliphatic hydroxyl groups excluding tert-OH is 2. The van der Waals surface area contributed by atoms with Crippen LogP contribution in [0.15, 0.2) is 17.5 Å². The monoisotopic (exact) mass is 363 g/mol. The molecule has 4 rings (SSSR count). The molecule has 4 N–H and O–H groups in total. The van der Waals surface area contributed by atoms with Gasteiger partial charge >= 0.3 is 6.03 Å². The van der Waals surface area contributed by atoms with Crippen LogP contribution in [0.2, 0.25) is 0 Å². The van der Waals surface area contributed by atoms with Crippen molar-refractivity contribution in [3.05, 3.63) is 18.1 Å². The van der Waals surface area contributed by atoms with Crippen LogP contribution in [0.1, 0.15) is 18.7 Å². The molecule has 2 amide bonds. The van der Waals surface area contributed by atoms with E-state index in [1.54, 1.807) is 6.20 Å². The van der Waals surface area contributed by atoms with Crippen LogP contribution in [-0.4, -0.2) is 73.3 Å². The zero-order valence-corrected chi connectivity index (χ0v) is 13.9. The van der Waals surface area contributed by atoms with Crippen LogP contribution in [0.4, 0.5) is 10.6 Å². The first-order chi connectivity index (χ1) is 12.4. The second-order valence-electron chi connectivity index (χ2n) is 6.30. The van der Waals surface area contributed by atoms with Gasteiger partial charge in [0.2, 0.25) is 5.90 Å². The minimum absolute atomic E-state index is 0.0525. The predicted octanol–water partition coefficient (Wildman–Crippen LogP) is -0.629. The van der Waals surface area contributed by atoms with Crippen molar-refractivity contribution in [2.24, 2.45) is 4.99 Å². The Labute approximate surface area is 146 Å². The Morgan fingerprint density at radius 2 is 2.23 bits per heavy atom. The molecule has 11 nitrogen and oxygen atoms in total. The zero-order valence-electron chi connectivity index (χ0n) is 13.9. The summed E-state index contributed by atoms with van der Waals surface area (Å²) in [5.74, 6) is 0.290. The molecule has 4 heterocycles. The molecule has 2 aromatic heterocycles. The second kappa shape index (κ2) is 5.71. The van der Waals surface area contributed by atoms with Gasteiger partial charge in [0.05, 0.1) is 24.7 Å². The summed E-state index contributed by atoms with van der Waals surface area (Å²) in [5.41, 5.74) is -0.926. The van der Waals surface area contributed by atoms with Crippen molar-refractivity contribution in [2.45, 2.75) is 31.0 Å². The third-order valence-electron chi connectivity index (χ3n) is 4.65. The number of rotatable bonds is 2. The smallest absolute Gasteiger partial charge is 0.349 e. The van der Waals surface area contributed by atoms with E-state index < -0.39 is 36.7 Å². The quantitative estimate of drug-likeness (QED) is 0.550. The fourth-order valence-corrected chi connectivity index (χ4v) is 3.35. The van der Waals surface area contributed by atoms with E-state index in [4.69, 9.17) is 9.47 Å². The number of carbonyl (C=O) groups is 1. The topological polar surface area (TPSA) is 151 Å². The molecule has 4 atom stereocenters. The van der Waals surface area contributed by atoms with E-state index in [1.807, 2.05) is 0 Å². The molecule has 2 aromatic rings. The van der Waals surface area contributed by atoms with Crippen LogP contribution in [0, 0.1) is 0 Å².